The van der Waals surface area contributed by atoms with Crippen LogP contribution in [-0.4, -0.2) is 99.7 Å². The molecule has 1 N–H and O–H groups in total. The molecule has 1 amide bonds. The summed E-state index contributed by atoms with van der Waals surface area (Å²) in [6.07, 6.45) is 2.25. The van der Waals surface area contributed by atoms with Gasteiger partial charge in [0.2, 0.25) is 5.91 Å². The van der Waals surface area contributed by atoms with Gasteiger partial charge in [0.1, 0.15) is 10.7 Å². The number of fused-ring (bicyclic) bond motifs is 1. The first-order valence-corrected chi connectivity index (χ1v) is 11.6. The molecule has 2 fully saturated rings. The number of amides is 1. The van der Waals surface area contributed by atoms with Gasteiger partial charge < -0.3 is 19.6 Å². The van der Waals surface area contributed by atoms with Gasteiger partial charge in [0.15, 0.2) is 0 Å². The highest BCUT2D eigenvalue weighted by Crippen LogP contribution is 2.34. The summed E-state index contributed by atoms with van der Waals surface area (Å²) in [4.78, 5) is 25.3. The summed E-state index contributed by atoms with van der Waals surface area (Å²) in [5, 5.41) is 10.4. The molecule has 3 aliphatic rings. The molecule has 8 nitrogen and oxygen atoms in total. The van der Waals surface area contributed by atoms with E-state index in [0.29, 0.717) is 39.3 Å². The second-order valence-electron chi connectivity index (χ2n) is 8.57. The van der Waals surface area contributed by atoms with Crippen molar-refractivity contribution in [2.24, 2.45) is 0 Å². The molecule has 166 valence electrons. The molecule has 0 unspecified atom stereocenters. The zero-order chi connectivity index (χ0) is 21.3. The number of halogens is 1. The standard InChI is InChI=1S/C20H30ClN5O3S/c1-20(2,14-27)25-5-3-24(4-6-25)18(28)11-17-22-19-15(23-7-9-29-10-8-23)12-26(21)13-16(19)30-17/h12,27H,3-11,13-14H2,1-2H3. The van der Waals surface area contributed by atoms with Crippen molar-refractivity contribution in [1.29, 1.82) is 0 Å². The Hall–Kier alpha value is -1.39. The van der Waals surface area contributed by atoms with Gasteiger partial charge in [0.25, 0.3) is 0 Å². The summed E-state index contributed by atoms with van der Waals surface area (Å²) < 4.78 is 7.13. The highest BCUT2D eigenvalue weighted by molar-refractivity contribution is 7.12. The first kappa shape index (κ1) is 21.8. The van der Waals surface area contributed by atoms with Crippen LogP contribution in [-0.2, 0) is 22.5 Å². The minimum Gasteiger partial charge on any atom is -0.394 e. The van der Waals surface area contributed by atoms with Gasteiger partial charge >= 0.3 is 0 Å². The average molecular weight is 456 g/mol. The van der Waals surface area contributed by atoms with Crippen molar-refractivity contribution in [2.75, 3.05) is 59.1 Å². The number of thiazole rings is 1. The molecule has 2 saturated heterocycles. The Kier molecular flexibility index (Phi) is 6.55. The Bertz CT molecular complexity index is 800. The second-order valence-corrected chi connectivity index (χ2v) is 10.2. The Morgan fingerprint density at radius 1 is 1.23 bits per heavy atom. The molecular formula is C20H30ClN5O3S. The van der Waals surface area contributed by atoms with Crippen LogP contribution in [0.5, 0.6) is 0 Å². The van der Waals surface area contributed by atoms with E-state index in [-0.39, 0.29) is 18.1 Å². The lowest BCUT2D eigenvalue weighted by atomic mass is 10.0. The van der Waals surface area contributed by atoms with E-state index in [0.717, 1.165) is 47.5 Å². The van der Waals surface area contributed by atoms with Crippen molar-refractivity contribution in [3.8, 4) is 0 Å². The van der Waals surface area contributed by atoms with Crippen molar-refractivity contribution < 1.29 is 14.6 Å². The third kappa shape index (κ3) is 4.60. The highest BCUT2D eigenvalue weighted by Gasteiger charge is 2.32. The maximum absolute atomic E-state index is 12.9. The number of hydrogen-bond donors (Lipinski definition) is 1. The van der Waals surface area contributed by atoms with E-state index < -0.39 is 0 Å². The molecule has 3 aliphatic heterocycles. The van der Waals surface area contributed by atoms with Gasteiger partial charge in [-0.3, -0.25) is 14.1 Å². The molecule has 0 bridgehead atoms. The van der Waals surface area contributed by atoms with Gasteiger partial charge in [-0.1, -0.05) is 0 Å². The molecule has 4 heterocycles. The summed E-state index contributed by atoms with van der Waals surface area (Å²) in [6.45, 7) is 10.7. The van der Waals surface area contributed by atoms with Crippen molar-refractivity contribution in [3.05, 3.63) is 21.8 Å². The summed E-state index contributed by atoms with van der Waals surface area (Å²) in [6, 6.07) is 0. The fourth-order valence-corrected chi connectivity index (χ4v) is 5.45. The van der Waals surface area contributed by atoms with Gasteiger partial charge in [-0.2, -0.15) is 0 Å². The number of morpholine rings is 1. The topological polar surface area (TPSA) is 72.4 Å². The second kappa shape index (κ2) is 9.00. The van der Waals surface area contributed by atoms with Crippen molar-refractivity contribution in [2.45, 2.75) is 32.4 Å². The highest BCUT2D eigenvalue weighted by atomic mass is 35.5. The van der Waals surface area contributed by atoms with Gasteiger partial charge in [-0.25, -0.2) is 4.98 Å². The summed E-state index contributed by atoms with van der Waals surface area (Å²) in [7, 11) is 0. The van der Waals surface area contributed by atoms with Gasteiger partial charge in [0.05, 0.1) is 43.4 Å². The number of ether oxygens (including phenoxy) is 1. The molecule has 1 aromatic heterocycles. The predicted octanol–water partition coefficient (Wildman–Crippen LogP) is 1.20. The minimum atomic E-state index is -0.251. The van der Waals surface area contributed by atoms with Crippen molar-refractivity contribution >= 4 is 34.7 Å². The Labute approximate surface area is 186 Å². The van der Waals surface area contributed by atoms with E-state index in [9.17, 15) is 9.90 Å². The van der Waals surface area contributed by atoms with Gasteiger partial charge in [-0.15, -0.1) is 11.3 Å². The normalized spacial score (nSPS) is 20.9. The van der Waals surface area contributed by atoms with Crippen LogP contribution in [0.3, 0.4) is 0 Å². The lowest BCUT2D eigenvalue weighted by Crippen LogP contribution is -2.57. The van der Waals surface area contributed by atoms with Crippen LogP contribution in [0.4, 0.5) is 0 Å². The van der Waals surface area contributed by atoms with E-state index in [1.54, 1.807) is 15.8 Å². The van der Waals surface area contributed by atoms with Crippen LogP contribution < -0.4 is 0 Å². The molecule has 0 radical (unpaired) electrons. The molecule has 0 aliphatic carbocycles. The molecule has 0 atom stereocenters. The number of aliphatic hydroxyl groups excluding tert-OH is 1. The molecular weight excluding hydrogens is 426 g/mol. The quantitative estimate of drug-likeness (QED) is 0.669. The first-order chi connectivity index (χ1) is 14.4. The third-order valence-corrected chi connectivity index (χ3v) is 7.33. The fraction of sp³-hybridized carbons (Fsp3) is 0.700. The molecule has 4 rings (SSSR count). The van der Waals surface area contributed by atoms with E-state index >= 15 is 0 Å². The largest absolute Gasteiger partial charge is 0.394 e. The number of carbonyl (C=O) groups excluding carboxylic acids is 1. The molecule has 30 heavy (non-hydrogen) atoms. The van der Waals surface area contributed by atoms with E-state index in [2.05, 4.69) is 9.80 Å². The number of nitrogens with zero attached hydrogens (tertiary/aromatic N) is 5. The molecule has 10 heteroatoms. The number of carbonyl (C=O) groups is 1. The lowest BCUT2D eigenvalue weighted by molar-refractivity contribution is -0.133. The average Bonchev–Trinajstić information content (AvgIpc) is 3.15. The Morgan fingerprint density at radius 3 is 2.60 bits per heavy atom. The van der Waals surface area contributed by atoms with E-state index in [1.807, 2.05) is 24.9 Å². The minimum absolute atomic E-state index is 0.113. The van der Waals surface area contributed by atoms with Gasteiger partial charge in [-0.05, 0) is 13.8 Å². The first-order valence-electron chi connectivity index (χ1n) is 10.5. The fourth-order valence-electron chi connectivity index (χ4n) is 4.10. The summed E-state index contributed by atoms with van der Waals surface area (Å²) >= 11 is 7.92. The molecule has 0 spiro atoms. The lowest BCUT2D eigenvalue weighted by Gasteiger charge is -2.43. The predicted molar refractivity (Wildman–Crippen MR) is 117 cm³/mol. The zero-order valence-corrected chi connectivity index (χ0v) is 19.2. The van der Waals surface area contributed by atoms with Crippen molar-refractivity contribution in [3.63, 3.8) is 0 Å². The number of hydrogen-bond acceptors (Lipinski definition) is 8. The summed E-state index contributed by atoms with van der Waals surface area (Å²) in [5.41, 5.74) is 1.72. The number of aromatic nitrogens is 1. The van der Waals surface area contributed by atoms with Crippen LogP contribution in [0, 0.1) is 0 Å². The van der Waals surface area contributed by atoms with Gasteiger partial charge in [0, 0.05) is 62.8 Å². The number of rotatable bonds is 5. The molecule has 1 aromatic rings. The maximum Gasteiger partial charge on any atom is 0.229 e. The zero-order valence-electron chi connectivity index (χ0n) is 17.6. The SMILES string of the molecule is CC(C)(CO)N1CCN(C(=O)Cc2nc3c(s2)CN(Cl)C=C3N2CCOCC2)CC1. The smallest absolute Gasteiger partial charge is 0.229 e. The van der Waals surface area contributed by atoms with Crippen LogP contribution in [0.1, 0.15) is 29.4 Å². The monoisotopic (exact) mass is 455 g/mol. The molecule has 0 aromatic carbocycles. The molecule has 0 saturated carbocycles. The number of piperazine rings is 1. The Balaban J connectivity index is 1.41. The maximum atomic E-state index is 12.9. The Morgan fingerprint density at radius 2 is 1.93 bits per heavy atom. The van der Waals surface area contributed by atoms with E-state index in [1.165, 1.54) is 0 Å². The van der Waals surface area contributed by atoms with Crippen LogP contribution >= 0.6 is 23.1 Å². The summed E-state index contributed by atoms with van der Waals surface area (Å²) in [5.74, 6) is 0.113. The van der Waals surface area contributed by atoms with E-state index in [4.69, 9.17) is 21.5 Å². The van der Waals surface area contributed by atoms with Crippen LogP contribution in [0.15, 0.2) is 6.20 Å². The number of aliphatic hydroxyl groups is 1. The van der Waals surface area contributed by atoms with Crippen molar-refractivity contribution in [1.82, 2.24) is 24.1 Å². The van der Waals surface area contributed by atoms with Crippen LogP contribution in [0.25, 0.3) is 5.70 Å². The van der Waals surface area contributed by atoms with Crippen LogP contribution in [0.2, 0.25) is 0 Å². The third-order valence-electron chi connectivity index (χ3n) is 6.07.